The second-order valence-corrected chi connectivity index (χ2v) is 7.24. The van der Waals surface area contributed by atoms with Crippen LogP contribution in [0.15, 0.2) is 53.0 Å². The van der Waals surface area contributed by atoms with Crippen LogP contribution in [0.3, 0.4) is 0 Å². The van der Waals surface area contributed by atoms with Gasteiger partial charge in [-0.2, -0.15) is 0 Å². The molecular formula is C20H20BrNO3. The molecule has 0 bridgehead atoms. The summed E-state index contributed by atoms with van der Waals surface area (Å²) in [5.41, 5.74) is 2.92. The highest BCUT2D eigenvalue weighted by Gasteiger charge is 2.34. The number of para-hydroxylation sites is 1. The summed E-state index contributed by atoms with van der Waals surface area (Å²) in [4.78, 5) is 26.7. The highest BCUT2D eigenvalue weighted by Crippen LogP contribution is 2.32. The predicted molar refractivity (Wildman–Crippen MR) is 100 cm³/mol. The van der Waals surface area contributed by atoms with Gasteiger partial charge in [-0.25, -0.2) is 0 Å². The quantitative estimate of drug-likeness (QED) is 0.729. The fraction of sp³-hybridized carbons (Fsp3) is 0.300. The van der Waals surface area contributed by atoms with Crippen molar-refractivity contribution in [1.82, 2.24) is 0 Å². The molecule has 0 fully saturated rings. The van der Waals surface area contributed by atoms with E-state index in [9.17, 15) is 9.59 Å². The van der Waals surface area contributed by atoms with Gasteiger partial charge in [-0.3, -0.25) is 9.59 Å². The number of ether oxygens (including phenoxy) is 1. The zero-order valence-electron chi connectivity index (χ0n) is 14.2. The number of fused-ring (bicyclic) bond motifs is 1. The van der Waals surface area contributed by atoms with Gasteiger partial charge in [0.2, 0.25) is 0 Å². The molecular weight excluding hydrogens is 382 g/mol. The van der Waals surface area contributed by atoms with Gasteiger partial charge in [-0.15, -0.1) is 0 Å². The zero-order valence-corrected chi connectivity index (χ0v) is 15.8. The number of anilines is 1. The third kappa shape index (κ3) is 3.93. The Morgan fingerprint density at radius 2 is 1.88 bits per heavy atom. The van der Waals surface area contributed by atoms with Crippen LogP contribution >= 0.6 is 15.9 Å². The van der Waals surface area contributed by atoms with Crippen molar-refractivity contribution >= 4 is 33.5 Å². The van der Waals surface area contributed by atoms with Crippen molar-refractivity contribution in [3.05, 3.63) is 64.1 Å². The summed E-state index contributed by atoms with van der Waals surface area (Å²) in [5.74, 6) is -0.579. The van der Waals surface area contributed by atoms with Gasteiger partial charge in [0.1, 0.15) is 0 Å². The molecule has 2 atom stereocenters. The lowest BCUT2D eigenvalue weighted by Crippen LogP contribution is -2.43. The summed E-state index contributed by atoms with van der Waals surface area (Å²) in [6.45, 7) is 3.64. The number of carbonyl (C=O) groups excluding carboxylic acids is 2. The lowest BCUT2D eigenvalue weighted by molar-refractivity contribution is -0.153. The second kappa shape index (κ2) is 7.40. The Bertz CT molecular complexity index is 788. The number of carbonyl (C=O) groups is 2. The molecule has 0 saturated carbocycles. The van der Waals surface area contributed by atoms with E-state index in [-0.39, 0.29) is 18.4 Å². The first-order valence-corrected chi connectivity index (χ1v) is 9.10. The lowest BCUT2D eigenvalue weighted by Gasteiger charge is -2.26. The van der Waals surface area contributed by atoms with E-state index in [4.69, 9.17) is 4.74 Å². The minimum atomic E-state index is -0.809. The van der Waals surface area contributed by atoms with Crippen molar-refractivity contribution < 1.29 is 14.3 Å². The fourth-order valence-electron chi connectivity index (χ4n) is 3.16. The Morgan fingerprint density at radius 1 is 1.20 bits per heavy atom. The minimum Gasteiger partial charge on any atom is -0.452 e. The third-order valence-electron chi connectivity index (χ3n) is 4.36. The SMILES string of the molecule is C[C@H](OC(=O)Cc1ccc(Br)cc1)C(=O)N1c2ccccc2C[C@H]1C. The average molecular weight is 402 g/mol. The smallest absolute Gasteiger partial charge is 0.311 e. The van der Waals surface area contributed by atoms with Gasteiger partial charge < -0.3 is 9.64 Å². The summed E-state index contributed by atoms with van der Waals surface area (Å²) >= 11 is 3.36. The molecule has 0 aliphatic carbocycles. The summed E-state index contributed by atoms with van der Waals surface area (Å²) < 4.78 is 6.33. The molecule has 25 heavy (non-hydrogen) atoms. The molecule has 1 heterocycles. The van der Waals surface area contributed by atoms with Gasteiger partial charge in [-0.05, 0) is 49.6 Å². The number of nitrogens with zero attached hydrogens (tertiary/aromatic N) is 1. The van der Waals surface area contributed by atoms with Gasteiger partial charge in [-0.1, -0.05) is 46.3 Å². The van der Waals surface area contributed by atoms with E-state index < -0.39 is 12.1 Å². The van der Waals surface area contributed by atoms with Crippen LogP contribution in [0.2, 0.25) is 0 Å². The molecule has 0 aromatic heterocycles. The highest BCUT2D eigenvalue weighted by molar-refractivity contribution is 9.10. The van der Waals surface area contributed by atoms with Crippen LogP contribution in [-0.4, -0.2) is 24.0 Å². The Kier molecular flexibility index (Phi) is 5.23. The zero-order chi connectivity index (χ0) is 18.0. The van der Waals surface area contributed by atoms with Crippen LogP contribution < -0.4 is 4.90 Å². The largest absolute Gasteiger partial charge is 0.452 e. The van der Waals surface area contributed by atoms with Crippen molar-refractivity contribution in [2.75, 3.05) is 4.90 Å². The second-order valence-electron chi connectivity index (χ2n) is 6.33. The number of hydrogen-bond acceptors (Lipinski definition) is 3. The van der Waals surface area contributed by atoms with Gasteiger partial charge >= 0.3 is 5.97 Å². The molecule has 0 N–H and O–H groups in total. The number of rotatable bonds is 4. The molecule has 0 radical (unpaired) electrons. The molecule has 1 aliphatic rings. The molecule has 0 saturated heterocycles. The van der Waals surface area contributed by atoms with Gasteiger partial charge in [0.05, 0.1) is 6.42 Å². The van der Waals surface area contributed by atoms with E-state index in [1.807, 2.05) is 55.5 Å². The average Bonchev–Trinajstić information content (AvgIpc) is 2.91. The van der Waals surface area contributed by atoms with Crippen LogP contribution in [0.4, 0.5) is 5.69 Å². The summed E-state index contributed by atoms with van der Waals surface area (Å²) in [7, 11) is 0. The first-order chi connectivity index (χ1) is 12.0. The summed E-state index contributed by atoms with van der Waals surface area (Å²) in [6.07, 6.45) is 0.162. The maximum atomic E-state index is 12.8. The number of hydrogen-bond donors (Lipinski definition) is 0. The fourth-order valence-corrected chi connectivity index (χ4v) is 3.42. The Labute approximate surface area is 155 Å². The number of halogens is 1. The highest BCUT2D eigenvalue weighted by atomic mass is 79.9. The minimum absolute atomic E-state index is 0.0672. The Morgan fingerprint density at radius 3 is 2.60 bits per heavy atom. The van der Waals surface area contributed by atoms with Crippen molar-refractivity contribution in [2.45, 2.75) is 38.8 Å². The van der Waals surface area contributed by atoms with Crippen molar-refractivity contribution in [1.29, 1.82) is 0 Å². The van der Waals surface area contributed by atoms with Crippen molar-refractivity contribution in [2.24, 2.45) is 0 Å². The van der Waals surface area contributed by atoms with Gasteiger partial charge in [0.25, 0.3) is 5.91 Å². The number of esters is 1. The molecule has 2 aromatic carbocycles. The normalized spacial score (nSPS) is 17.1. The summed E-state index contributed by atoms with van der Waals surface area (Å²) in [5, 5.41) is 0. The number of benzene rings is 2. The predicted octanol–water partition coefficient (Wildman–Crippen LogP) is 3.90. The maximum Gasteiger partial charge on any atom is 0.311 e. The first kappa shape index (κ1) is 17.7. The Balaban J connectivity index is 1.64. The van der Waals surface area contributed by atoms with E-state index in [0.29, 0.717) is 0 Å². The molecule has 0 spiro atoms. The standard InChI is InChI=1S/C20H20BrNO3/c1-13-11-16-5-3-4-6-18(16)22(13)20(24)14(2)25-19(23)12-15-7-9-17(21)10-8-15/h3-10,13-14H,11-12H2,1-2H3/t13-,14+/m1/s1. The monoisotopic (exact) mass is 401 g/mol. The lowest BCUT2D eigenvalue weighted by atomic mass is 10.1. The Hall–Kier alpha value is -2.14. The van der Waals surface area contributed by atoms with E-state index in [1.54, 1.807) is 11.8 Å². The van der Waals surface area contributed by atoms with Gasteiger partial charge in [0.15, 0.2) is 6.10 Å². The first-order valence-electron chi connectivity index (χ1n) is 8.30. The molecule has 0 unspecified atom stereocenters. The van der Waals surface area contributed by atoms with Crippen molar-refractivity contribution in [3.63, 3.8) is 0 Å². The molecule has 5 heteroatoms. The van der Waals surface area contributed by atoms with Crippen LogP contribution in [0.5, 0.6) is 0 Å². The molecule has 4 nitrogen and oxygen atoms in total. The molecule has 1 amide bonds. The maximum absolute atomic E-state index is 12.8. The molecule has 2 aromatic rings. The van der Waals surface area contributed by atoms with E-state index in [2.05, 4.69) is 15.9 Å². The van der Waals surface area contributed by atoms with Crippen LogP contribution in [0, 0.1) is 0 Å². The van der Waals surface area contributed by atoms with E-state index in [0.717, 1.165) is 27.7 Å². The van der Waals surface area contributed by atoms with Crippen molar-refractivity contribution in [3.8, 4) is 0 Å². The van der Waals surface area contributed by atoms with E-state index >= 15 is 0 Å². The number of amides is 1. The third-order valence-corrected chi connectivity index (χ3v) is 4.89. The molecule has 1 aliphatic heterocycles. The van der Waals surface area contributed by atoms with Crippen LogP contribution in [-0.2, 0) is 27.2 Å². The van der Waals surface area contributed by atoms with Crippen LogP contribution in [0.25, 0.3) is 0 Å². The van der Waals surface area contributed by atoms with Gasteiger partial charge in [0, 0.05) is 16.2 Å². The van der Waals surface area contributed by atoms with Crippen LogP contribution in [0.1, 0.15) is 25.0 Å². The molecule has 3 rings (SSSR count). The summed E-state index contributed by atoms with van der Waals surface area (Å²) in [6, 6.07) is 15.4. The topological polar surface area (TPSA) is 46.6 Å². The molecule has 130 valence electrons. The van der Waals surface area contributed by atoms with E-state index in [1.165, 1.54) is 0 Å².